The summed E-state index contributed by atoms with van der Waals surface area (Å²) >= 11 is 0. The van der Waals surface area contributed by atoms with Gasteiger partial charge in [0.05, 0.1) is 29.6 Å². The van der Waals surface area contributed by atoms with E-state index in [1.165, 1.54) is 17.0 Å². The van der Waals surface area contributed by atoms with Crippen LogP contribution in [0.4, 0.5) is 24.8 Å². The molecule has 1 aliphatic heterocycles. The van der Waals surface area contributed by atoms with Crippen LogP contribution in [0.25, 0.3) is 22.6 Å². The van der Waals surface area contributed by atoms with Gasteiger partial charge in [0.2, 0.25) is 0 Å². The lowest BCUT2D eigenvalue weighted by Crippen LogP contribution is -2.25. The Balaban J connectivity index is 1.46. The van der Waals surface area contributed by atoms with E-state index >= 15 is 0 Å². The lowest BCUT2D eigenvalue weighted by molar-refractivity contribution is -0.138. The minimum absolute atomic E-state index is 0.0346. The molecule has 4 aromatic rings. The van der Waals surface area contributed by atoms with E-state index in [2.05, 4.69) is 32.5 Å². The highest BCUT2D eigenvalue weighted by Gasteiger charge is 2.40. The van der Waals surface area contributed by atoms with Crippen molar-refractivity contribution in [3.63, 3.8) is 0 Å². The van der Waals surface area contributed by atoms with E-state index in [-0.39, 0.29) is 28.9 Å². The van der Waals surface area contributed by atoms with Gasteiger partial charge in [0.1, 0.15) is 18.0 Å². The van der Waals surface area contributed by atoms with Gasteiger partial charge in [-0.3, -0.25) is 14.4 Å². The highest BCUT2D eigenvalue weighted by atomic mass is 19.4. The maximum Gasteiger partial charge on any atom is 0.416 e. The SMILES string of the molecule is Cn1cnnc1-c1cnn(C)c1-c1cc(NCC2(C)CC2)nc(N2Cc3c(cccc3C(F)(F)F)C2=O)c1. The molecule has 1 aromatic carbocycles. The minimum Gasteiger partial charge on any atom is -0.369 e. The van der Waals surface area contributed by atoms with Crippen molar-refractivity contribution >= 4 is 17.5 Å². The predicted molar refractivity (Wildman–Crippen MR) is 134 cm³/mol. The summed E-state index contributed by atoms with van der Waals surface area (Å²) < 4.78 is 44.6. The predicted octanol–water partition coefficient (Wildman–Crippen LogP) is 4.67. The van der Waals surface area contributed by atoms with E-state index in [4.69, 9.17) is 0 Å². The maximum absolute atomic E-state index is 13.7. The van der Waals surface area contributed by atoms with Crippen LogP contribution in [0.5, 0.6) is 0 Å². The Morgan fingerprint density at radius 3 is 2.61 bits per heavy atom. The lowest BCUT2D eigenvalue weighted by atomic mass is 10.0. The molecule has 38 heavy (non-hydrogen) atoms. The van der Waals surface area contributed by atoms with Gasteiger partial charge in [0.15, 0.2) is 5.82 Å². The maximum atomic E-state index is 13.7. The van der Waals surface area contributed by atoms with E-state index in [1.807, 2.05) is 13.1 Å². The summed E-state index contributed by atoms with van der Waals surface area (Å²) in [6.07, 6.45) is 0.911. The molecule has 12 heteroatoms. The Kier molecular flexibility index (Phi) is 5.34. The first-order valence-corrected chi connectivity index (χ1v) is 12.2. The molecule has 0 atom stereocenters. The number of fused-ring (bicyclic) bond motifs is 1. The molecule has 4 heterocycles. The van der Waals surface area contributed by atoms with Crippen LogP contribution in [-0.4, -0.2) is 42.0 Å². The second kappa shape index (κ2) is 8.40. The number of benzene rings is 1. The molecule has 3 aromatic heterocycles. The summed E-state index contributed by atoms with van der Waals surface area (Å²) in [6, 6.07) is 7.26. The number of alkyl halides is 3. The van der Waals surface area contributed by atoms with E-state index in [0.29, 0.717) is 29.4 Å². The third-order valence-corrected chi connectivity index (χ3v) is 7.33. The molecule has 0 unspecified atom stereocenters. The Hall–Kier alpha value is -4.22. The Morgan fingerprint density at radius 1 is 1.13 bits per heavy atom. The Bertz CT molecular complexity index is 1570. The normalized spacial score (nSPS) is 16.2. The van der Waals surface area contributed by atoms with Crippen molar-refractivity contribution < 1.29 is 18.0 Å². The van der Waals surface area contributed by atoms with E-state index in [1.54, 1.807) is 34.9 Å². The molecular formula is C26H25F3N8O. The standard InChI is InChI=1S/C26H25F3N8O/c1-25(7-8-25)13-30-20-9-15(22-17(11-32-36(22)3)23-34-31-14-35(23)2)10-21(33-20)37-12-18-16(24(37)38)5-4-6-19(18)26(27,28)29/h4-6,9-11,14H,7-8,12-13H2,1-3H3,(H,30,33). The van der Waals surface area contributed by atoms with Crippen LogP contribution in [0.2, 0.25) is 0 Å². The number of nitrogens with one attached hydrogen (secondary N) is 1. The van der Waals surface area contributed by atoms with Crippen molar-refractivity contribution in [1.29, 1.82) is 0 Å². The quantitative estimate of drug-likeness (QED) is 0.396. The largest absolute Gasteiger partial charge is 0.416 e. The van der Waals surface area contributed by atoms with Crippen molar-refractivity contribution in [3.05, 3.63) is 59.5 Å². The molecule has 1 amide bonds. The summed E-state index contributed by atoms with van der Waals surface area (Å²) in [5, 5.41) is 16.0. The van der Waals surface area contributed by atoms with Crippen LogP contribution in [0.15, 0.2) is 42.9 Å². The van der Waals surface area contributed by atoms with E-state index in [0.717, 1.165) is 24.5 Å². The molecule has 0 saturated heterocycles. The van der Waals surface area contributed by atoms with Crippen molar-refractivity contribution in [2.24, 2.45) is 19.5 Å². The van der Waals surface area contributed by atoms with Crippen molar-refractivity contribution in [1.82, 2.24) is 29.5 Å². The molecule has 0 spiro atoms. The number of carbonyl (C=O) groups excluding carboxylic acids is 1. The highest BCUT2D eigenvalue weighted by Crippen LogP contribution is 2.45. The Morgan fingerprint density at radius 2 is 1.92 bits per heavy atom. The number of anilines is 2. The van der Waals surface area contributed by atoms with Crippen LogP contribution >= 0.6 is 0 Å². The number of amides is 1. The van der Waals surface area contributed by atoms with E-state index in [9.17, 15) is 18.0 Å². The molecular weight excluding hydrogens is 497 g/mol. The molecule has 0 bridgehead atoms. The monoisotopic (exact) mass is 522 g/mol. The lowest BCUT2D eigenvalue weighted by Gasteiger charge is -2.19. The van der Waals surface area contributed by atoms with Crippen LogP contribution in [0.1, 0.15) is 41.3 Å². The van der Waals surface area contributed by atoms with Crippen LogP contribution in [0.3, 0.4) is 0 Å². The zero-order valence-electron chi connectivity index (χ0n) is 21.0. The summed E-state index contributed by atoms with van der Waals surface area (Å²) in [5.74, 6) is 0.862. The number of hydrogen-bond donors (Lipinski definition) is 1. The number of pyridine rings is 1. The minimum atomic E-state index is -4.57. The molecule has 9 nitrogen and oxygen atoms in total. The highest BCUT2D eigenvalue weighted by molar-refractivity contribution is 6.10. The Labute approximate surface area is 216 Å². The van der Waals surface area contributed by atoms with Crippen LogP contribution < -0.4 is 10.2 Å². The topological polar surface area (TPSA) is 93.8 Å². The fourth-order valence-corrected chi connectivity index (χ4v) is 4.83. The third kappa shape index (κ3) is 4.09. The zero-order chi connectivity index (χ0) is 26.8. The van der Waals surface area contributed by atoms with Gasteiger partial charge in [0, 0.05) is 31.8 Å². The first kappa shape index (κ1) is 24.1. The van der Waals surface area contributed by atoms with Crippen LogP contribution in [-0.2, 0) is 26.8 Å². The number of hydrogen-bond acceptors (Lipinski definition) is 6. The zero-order valence-corrected chi connectivity index (χ0v) is 21.0. The number of carbonyl (C=O) groups is 1. The molecule has 6 rings (SSSR count). The first-order chi connectivity index (χ1) is 18.0. The van der Waals surface area contributed by atoms with Crippen molar-refractivity contribution in [2.45, 2.75) is 32.5 Å². The van der Waals surface area contributed by atoms with E-state index < -0.39 is 17.6 Å². The summed E-state index contributed by atoms with van der Waals surface area (Å²) in [6.45, 7) is 2.65. The van der Waals surface area contributed by atoms with Gasteiger partial charge in [-0.15, -0.1) is 10.2 Å². The first-order valence-electron chi connectivity index (χ1n) is 12.2. The van der Waals surface area contributed by atoms with Gasteiger partial charge in [-0.1, -0.05) is 13.0 Å². The number of rotatable bonds is 6. The summed E-state index contributed by atoms with van der Waals surface area (Å²) in [5.41, 5.74) is 1.49. The average Bonchev–Trinajstić information content (AvgIpc) is 3.16. The molecule has 1 fully saturated rings. The van der Waals surface area contributed by atoms with Crippen molar-refractivity contribution in [2.75, 3.05) is 16.8 Å². The van der Waals surface area contributed by atoms with Gasteiger partial charge < -0.3 is 9.88 Å². The third-order valence-electron chi connectivity index (χ3n) is 7.33. The number of halogens is 3. The number of aryl methyl sites for hydroxylation is 2. The van der Waals surface area contributed by atoms with Crippen LogP contribution in [0, 0.1) is 5.41 Å². The van der Waals surface area contributed by atoms with Crippen molar-refractivity contribution in [3.8, 4) is 22.6 Å². The fraction of sp³-hybridized carbons (Fsp3) is 0.346. The second-order valence-corrected chi connectivity index (χ2v) is 10.3. The number of aromatic nitrogens is 6. The molecule has 1 N–H and O–H groups in total. The smallest absolute Gasteiger partial charge is 0.369 e. The van der Waals surface area contributed by atoms with Gasteiger partial charge in [-0.2, -0.15) is 18.3 Å². The van der Waals surface area contributed by atoms with Gasteiger partial charge in [-0.05, 0) is 48.1 Å². The molecule has 1 aliphatic carbocycles. The average molecular weight is 523 g/mol. The summed E-state index contributed by atoms with van der Waals surface area (Å²) in [7, 11) is 3.62. The van der Waals surface area contributed by atoms with Gasteiger partial charge in [0.25, 0.3) is 5.91 Å². The molecule has 196 valence electrons. The summed E-state index contributed by atoms with van der Waals surface area (Å²) in [4.78, 5) is 19.3. The molecule has 0 radical (unpaired) electrons. The fourth-order valence-electron chi connectivity index (χ4n) is 4.83. The second-order valence-electron chi connectivity index (χ2n) is 10.3. The molecule has 2 aliphatic rings. The number of nitrogens with zero attached hydrogens (tertiary/aromatic N) is 7. The van der Waals surface area contributed by atoms with Gasteiger partial charge >= 0.3 is 6.18 Å². The molecule has 1 saturated carbocycles. The van der Waals surface area contributed by atoms with Gasteiger partial charge in [-0.25, -0.2) is 4.98 Å².